The first-order valence-corrected chi connectivity index (χ1v) is 9.27. The Balaban J connectivity index is 1.67. The number of fused-ring (bicyclic) bond motifs is 1. The number of anilines is 2. The van der Waals surface area contributed by atoms with Gasteiger partial charge in [0.05, 0.1) is 18.5 Å². The number of aryl methyl sites for hydroxylation is 2. The smallest absolute Gasteiger partial charge is 0.256 e. The molecule has 29 heavy (non-hydrogen) atoms. The van der Waals surface area contributed by atoms with Gasteiger partial charge in [-0.15, -0.1) is 0 Å². The highest BCUT2D eigenvalue weighted by molar-refractivity contribution is 5.87. The second kappa shape index (κ2) is 7.71. The molecule has 0 aliphatic carbocycles. The number of hydrogen-bond acceptors (Lipinski definition) is 6. The molecule has 0 unspecified atom stereocenters. The maximum absolute atomic E-state index is 12.6. The van der Waals surface area contributed by atoms with E-state index in [1.807, 2.05) is 62.4 Å². The molecule has 0 saturated carbocycles. The maximum atomic E-state index is 12.6. The van der Waals surface area contributed by atoms with Crippen LogP contribution in [0.15, 0.2) is 53.3 Å². The molecule has 2 N–H and O–H groups in total. The molecule has 0 saturated heterocycles. The summed E-state index contributed by atoms with van der Waals surface area (Å²) in [6.45, 7) is 3.73. The second-order valence-electron chi connectivity index (χ2n) is 6.75. The van der Waals surface area contributed by atoms with Gasteiger partial charge < -0.3 is 4.74 Å². The molecule has 7 nitrogen and oxygen atoms in total. The van der Waals surface area contributed by atoms with Crippen molar-refractivity contribution in [1.82, 2.24) is 19.9 Å². The highest BCUT2D eigenvalue weighted by Crippen LogP contribution is 2.26. The Labute approximate surface area is 167 Å². The standard InChI is InChI=1S/C22H21N5O2/c1-13-16-10-7-11-18(29-3)19(16)25-21(23-13)27-22-24-14(2)17(20(28)26-22)12-15-8-5-4-6-9-15/h4-11H,12H2,1-3H3,(H2,23,24,25,26,27,28). The number of para-hydroxylation sites is 1. The van der Waals surface area contributed by atoms with E-state index in [2.05, 4.69) is 25.3 Å². The lowest BCUT2D eigenvalue weighted by molar-refractivity contribution is 0.419. The molecule has 2 aromatic carbocycles. The van der Waals surface area contributed by atoms with E-state index in [0.717, 1.165) is 16.6 Å². The van der Waals surface area contributed by atoms with Crippen LogP contribution in [0.25, 0.3) is 10.9 Å². The fourth-order valence-corrected chi connectivity index (χ4v) is 3.28. The molecule has 2 aromatic heterocycles. The summed E-state index contributed by atoms with van der Waals surface area (Å²) in [4.78, 5) is 29.0. The summed E-state index contributed by atoms with van der Waals surface area (Å²) in [5.41, 5.74) is 3.68. The molecule has 0 fully saturated rings. The summed E-state index contributed by atoms with van der Waals surface area (Å²) < 4.78 is 5.41. The van der Waals surface area contributed by atoms with Crippen LogP contribution >= 0.6 is 0 Å². The van der Waals surface area contributed by atoms with Gasteiger partial charge in [0.25, 0.3) is 5.56 Å². The van der Waals surface area contributed by atoms with E-state index in [1.165, 1.54) is 0 Å². The Morgan fingerprint density at radius 3 is 2.48 bits per heavy atom. The summed E-state index contributed by atoms with van der Waals surface area (Å²) in [6, 6.07) is 15.5. The summed E-state index contributed by atoms with van der Waals surface area (Å²) in [6.07, 6.45) is 0.526. The Morgan fingerprint density at radius 2 is 1.76 bits per heavy atom. The lowest BCUT2D eigenvalue weighted by Gasteiger charge is -2.11. The SMILES string of the molecule is COc1cccc2c(C)nc(Nc3nc(C)c(Cc4ccccc4)c(=O)[nH]3)nc12. The van der Waals surface area contributed by atoms with Gasteiger partial charge in [-0.05, 0) is 25.5 Å². The van der Waals surface area contributed by atoms with Crippen LogP contribution < -0.4 is 15.6 Å². The molecule has 146 valence electrons. The number of methoxy groups -OCH3 is 1. The molecule has 0 spiro atoms. The molecular formula is C22H21N5O2. The van der Waals surface area contributed by atoms with Crippen molar-refractivity contribution in [1.29, 1.82) is 0 Å². The first-order valence-electron chi connectivity index (χ1n) is 9.27. The first kappa shape index (κ1) is 18.6. The lowest BCUT2D eigenvalue weighted by Crippen LogP contribution is -2.19. The van der Waals surface area contributed by atoms with Crippen molar-refractivity contribution in [2.75, 3.05) is 12.4 Å². The number of hydrogen-bond donors (Lipinski definition) is 2. The number of H-pyrrole nitrogens is 1. The van der Waals surface area contributed by atoms with Crippen molar-refractivity contribution in [3.05, 3.63) is 81.4 Å². The molecule has 7 heteroatoms. The van der Waals surface area contributed by atoms with E-state index in [0.29, 0.717) is 40.8 Å². The van der Waals surface area contributed by atoms with E-state index >= 15 is 0 Å². The summed E-state index contributed by atoms with van der Waals surface area (Å²) in [5, 5.41) is 3.92. The second-order valence-corrected chi connectivity index (χ2v) is 6.75. The predicted octanol–water partition coefficient (Wildman–Crippen LogP) is 3.67. The van der Waals surface area contributed by atoms with Gasteiger partial charge in [0.2, 0.25) is 11.9 Å². The highest BCUT2D eigenvalue weighted by atomic mass is 16.5. The summed E-state index contributed by atoms with van der Waals surface area (Å²) in [5.74, 6) is 1.31. The van der Waals surface area contributed by atoms with E-state index in [4.69, 9.17) is 4.74 Å². The number of nitrogens with zero attached hydrogens (tertiary/aromatic N) is 3. The minimum absolute atomic E-state index is 0.182. The zero-order valence-corrected chi connectivity index (χ0v) is 16.5. The number of aromatic nitrogens is 4. The minimum Gasteiger partial charge on any atom is -0.494 e. The fraction of sp³-hybridized carbons (Fsp3) is 0.182. The molecule has 0 aliphatic heterocycles. The Hall–Kier alpha value is -3.74. The van der Waals surface area contributed by atoms with Crippen LogP contribution in [0.4, 0.5) is 11.9 Å². The third-order valence-electron chi connectivity index (χ3n) is 4.78. The van der Waals surface area contributed by atoms with Crippen LogP contribution in [0.1, 0.15) is 22.5 Å². The molecule has 0 aliphatic rings. The summed E-state index contributed by atoms with van der Waals surface area (Å²) >= 11 is 0. The minimum atomic E-state index is -0.182. The molecule has 0 atom stereocenters. The van der Waals surface area contributed by atoms with E-state index in [-0.39, 0.29) is 5.56 Å². The highest BCUT2D eigenvalue weighted by Gasteiger charge is 2.12. The molecular weight excluding hydrogens is 366 g/mol. The zero-order valence-electron chi connectivity index (χ0n) is 16.5. The topological polar surface area (TPSA) is 92.8 Å². The quantitative estimate of drug-likeness (QED) is 0.543. The van der Waals surface area contributed by atoms with Crippen LogP contribution in [0.5, 0.6) is 5.75 Å². The van der Waals surface area contributed by atoms with Gasteiger partial charge in [0.15, 0.2) is 0 Å². The van der Waals surface area contributed by atoms with Crippen molar-refractivity contribution < 1.29 is 4.74 Å². The third-order valence-corrected chi connectivity index (χ3v) is 4.78. The van der Waals surface area contributed by atoms with Gasteiger partial charge >= 0.3 is 0 Å². The van der Waals surface area contributed by atoms with Crippen LogP contribution in [0.2, 0.25) is 0 Å². The van der Waals surface area contributed by atoms with Crippen molar-refractivity contribution in [3.63, 3.8) is 0 Å². The van der Waals surface area contributed by atoms with Gasteiger partial charge in [-0.1, -0.05) is 42.5 Å². The monoisotopic (exact) mass is 387 g/mol. The maximum Gasteiger partial charge on any atom is 0.256 e. The molecule has 0 amide bonds. The van der Waals surface area contributed by atoms with Gasteiger partial charge in [-0.3, -0.25) is 15.1 Å². The predicted molar refractivity (Wildman–Crippen MR) is 113 cm³/mol. The van der Waals surface area contributed by atoms with Crippen molar-refractivity contribution >= 4 is 22.8 Å². The fourth-order valence-electron chi connectivity index (χ4n) is 3.28. The Bertz CT molecular complexity index is 1240. The van der Waals surface area contributed by atoms with Crippen LogP contribution in [0.3, 0.4) is 0 Å². The van der Waals surface area contributed by atoms with Crippen LogP contribution in [-0.2, 0) is 6.42 Å². The molecule has 0 radical (unpaired) electrons. The van der Waals surface area contributed by atoms with Gasteiger partial charge in [-0.25, -0.2) is 15.0 Å². The lowest BCUT2D eigenvalue weighted by atomic mass is 10.1. The zero-order chi connectivity index (χ0) is 20.4. The first-order chi connectivity index (χ1) is 14.0. The van der Waals surface area contributed by atoms with Crippen LogP contribution in [0, 0.1) is 13.8 Å². The average Bonchev–Trinajstić information content (AvgIpc) is 2.71. The largest absolute Gasteiger partial charge is 0.494 e. The van der Waals surface area contributed by atoms with Crippen molar-refractivity contribution in [3.8, 4) is 5.75 Å². The summed E-state index contributed by atoms with van der Waals surface area (Å²) in [7, 11) is 1.60. The van der Waals surface area contributed by atoms with Gasteiger partial charge in [0.1, 0.15) is 11.3 Å². The Morgan fingerprint density at radius 1 is 0.966 bits per heavy atom. The number of ether oxygens (including phenoxy) is 1. The molecule has 2 heterocycles. The third kappa shape index (κ3) is 3.80. The van der Waals surface area contributed by atoms with Crippen molar-refractivity contribution in [2.24, 2.45) is 0 Å². The molecule has 0 bridgehead atoms. The van der Waals surface area contributed by atoms with Gasteiger partial charge in [0, 0.05) is 17.4 Å². The number of benzene rings is 2. The average molecular weight is 387 g/mol. The Kier molecular flexibility index (Phi) is 4.95. The van der Waals surface area contributed by atoms with Gasteiger partial charge in [-0.2, -0.15) is 0 Å². The number of rotatable bonds is 5. The number of aromatic amines is 1. The van der Waals surface area contributed by atoms with Crippen LogP contribution in [-0.4, -0.2) is 27.0 Å². The van der Waals surface area contributed by atoms with E-state index in [1.54, 1.807) is 7.11 Å². The molecule has 4 rings (SSSR count). The van der Waals surface area contributed by atoms with E-state index in [9.17, 15) is 4.79 Å². The number of nitrogens with one attached hydrogen (secondary N) is 2. The molecule has 4 aromatic rings. The van der Waals surface area contributed by atoms with E-state index < -0.39 is 0 Å². The normalized spacial score (nSPS) is 10.9. The van der Waals surface area contributed by atoms with Crippen molar-refractivity contribution in [2.45, 2.75) is 20.3 Å².